The molecule has 8 heteroatoms. The number of nitrogens with one attached hydrogen (secondary N) is 3. The van der Waals surface area contributed by atoms with Crippen LogP contribution in [0.4, 0.5) is 0 Å². The summed E-state index contributed by atoms with van der Waals surface area (Å²) in [6.45, 7) is 3.66. The number of ether oxygens (including phenoxy) is 1. The second kappa shape index (κ2) is 10.1. The Balaban J connectivity index is 1.80. The maximum atomic E-state index is 12.1. The van der Waals surface area contributed by atoms with Crippen LogP contribution in [0.1, 0.15) is 34.4 Å². The molecule has 0 saturated carbocycles. The summed E-state index contributed by atoms with van der Waals surface area (Å²) in [4.78, 5) is 38.4. The fourth-order valence-electron chi connectivity index (χ4n) is 2.93. The maximum absolute atomic E-state index is 12.1. The third-order valence-corrected chi connectivity index (χ3v) is 4.62. The maximum Gasteiger partial charge on any atom is 0.266 e. The van der Waals surface area contributed by atoms with Crippen LogP contribution in [0, 0.1) is 25.2 Å². The average Bonchev–Trinajstić information content (AvgIpc) is 2.71. The van der Waals surface area contributed by atoms with Gasteiger partial charge in [0.15, 0.2) is 0 Å². The van der Waals surface area contributed by atoms with E-state index in [2.05, 4.69) is 15.6 Å². The Labute approximate surface area is 168 Å². The summed E-state index contributed by atoms with van der Waals surface area (Å²) >= 11 is 0. The molecule has 2 amide bonds. The van der Waals surface area contributed by atoms with Crippen molar-refractivity contribution in [3.8, 4) is 11.8 Å². The quantitative estimate of drug-likeness (QED) is 0.619. The molecule has 2 aromatic rings. The average molecular weight is 396 g/mol. The fourth-order valence-corrected chi connectivity index (χ4v) is 2.93. The molecule has 2 rings (SSSR count). The first-order valence-corrected chi connectivity index (χ1v) is 9.14. The summed E-state index contributed by atoms with van der Waals surface area (Å²) < 4.78 is 5.08. The molecular formula is C21H24N4O4. The van der Waals surface area contributed by atoms with Gasteiger partial charge in [0.1, 0.15) is 17.4 Å². The Morgan fingerprint density at radius 2 is 1.83 bits per heavy atom. The number of pyridine rings is 1. The van der Waals surface area contributed by atoms with Gasteiger partial charge in [0.2, 0.25) is 11.8 Å². The van der Waals surface area contributed by atoms with Crippen LogP contribution in [-0.2, 0) is 22.6 Å². The summed E-state index contributed by atoms with van der Waals surface area (Å²) in [5.41, 5.74) is 2.53. The minimum atomic E-state index is -0.427. The normalized spacial score (nSPS) is 10.1. The molecule has 29 heavy (non-hydrogen) atoms. The van der Waals surface area contributed by atoms with Crippen LogP contribution in [0.2, 0.25) is 0 Å². The lowest BCUT2D eigenvalue weighted by atomic mass is 9.99. The molecule has 0 aliphatic heterocycles. The van der Waals surface area contributed by atoms with E-state index in [4.69, 9.17) is 10.00 Å². The summed E-state index contributed by atoms with van der Waals surface area (Å²) in [6.07, 6.45) is 0.507. The van der Waals surface area contributed by atoms with Gasteiger partial charge in [-0.25, -0.2) is 0 Å². The number of nitrogens with zero attached hydrogens (tertiary/aromatic N) is 1. The molecule has 1 aromatic heterocycles. The molecule has 0 radical (unpaired) electrons. The summed E-state index contributed by atoms with van der Waals surface area (Å²) in [5.74, 6) is 0.160. The Morgan fingerprint density at radius 1 is 1.14 bits per heavy atom. The fraction of sp³-hybridized carbons (Fsp3) is 0.333. The second-order valence-electron chi connectivity index (χ2n) is 6.57. The number of rotatable bonds is 8. The van der Waals surface area contributed by atoms with Gasteiger partial charge < -0.3 is 20.4 Å². The lowest BCUT2D eigenvalue weighted by Gasteiger charge is -2.11. The van der Waals surface area contributed by atoms with E-state index < -0.39 is 5.56 Å². The predicted octanol–water partition coefficient (Wildman–Crippen LogP) is 1.24. The van der Waals surface area contributed by atoms with Crippen LogP contribution in [0.25, 0.3) is 0 Å². The number of carbonyl (C=O) groups excluding carboxylic acids is 2. The molecule has 0 unspecified atom stereocenters. The molecule has 0 saturated heterocycles. The van der Waals surface area contributed by atoms with E-state index in [1.54, 1.807) is 21.0 Å². The molecule has 0 spiro atoms. The van der Waals surface area contributed by atoms with Crippen LogP contribution in [-0.4, -0.2) is 30.5 Å². The molecule has 0 aliphatic rings. The van der Waals surface area contributed by atoms with E-state index in [1.807, 2.05) is 30.3 Å². The van der Waals surface area contributed by atoms with Crippen molar-refractivity contribution in [1.29, 1.82) is 5.26 Å². The molecule has 152 valence electrons. The van der Waals surface area contributed by atoms with Gasteiger partial charge in [0.05, 0.1) is 13.7 Å². The lowest BCUT2D eigenvalue weighted by Crippen LogP contribution is -2.36. The third kappa shape index (κ3) is 5.94. The topological polar surface area (TPSA) is 124 Å². The molecule has 1 aromatic carbocycles. The molecule has 0 fully saturated rings. The Hall–Kier alpha value is -3.60. The number of aryl methyl sites for hydroxylation is 1. The Bertz CT molecular complexity index is 987. The van der Waals surface area contributed by atoms with Gasteiger partial charge in [0.25, 0.3) is 5.56 Å². The molecule has 8 nitrogen and oxygen atoms in total. The van der Waals surface area contributed by atoms with Crippen molar-refractivity contribution < 1.29 is 14.3 Å². The van der Waals surface area contributed by atoms with Crippen molar-refractivity contribution in [1.82, 2.24) is 15.6 Å². The number of benzene rings is 1. The standard InChI is InChI=1S/C21H24N4O4/c1-13-17(14(2)25-21(28)18(13)10-22)8-9-19(26)24-12-20(27)23-11-15-4-6-16(29-3)7-5-15/h4-7H,8-9,11-12H2,1-3H3,(H,23,27)(H,24,26)(H,25,28). The molecule has 0 bridgehead atoms. The summed E-state index contributed by atoms with van der Waals surface area (Å²) in [5, 5.41) is 14.4. The zero-order valence-corrected chi connectivity index (χ0v) is 16.7. The third-order valence-electron chi connectivity index (χ3n) is 4.62. The largest absolute Gasteiger partial charge is 0.497 e. The van der Waals surface area contributed by atoms with E-state index in [0.29, 0.717) is 24.2 Å². The first-order chi connectivity index (χ1) is 13.8. The highest BCUT2D eigenvalue weighted by atomic mass is 16.5. The number of methoxy groups -OCH3 is 1. The number of amides is 2. The van der Waals surface area contributed by atoms with E-state index in [9.17, 15) is 14.4 Å². The van der Waals surface area contributed by atoms with Crippen LogP contribution >= 0.6 is 0 Å². The minimum Gasteiger partial charge on any atom is -0.497 e. The van der Waals surface area contributed by atoms with Gasteiger partial charge >= 0.3 is 0 Å². The van der Waals surface area contributed by atoms with E-state index in [-0.39, 0.29) is 30.3 Å². The Kier molecular flexibility index (Phi) is 7.54. The number of nitriles is 1. The van der Waals surface area contributed by atoms with Gasteiger partial charge in [-0.15, -0.1) is 0 Å². The van der Waals surface area contributed by atoms with Gasteiger partial charge in [-0.05, 0) is 49.1 Å². The first kappa shape index (κ1) is 21.7. The van der Waals surface area contributed by atoms with Crippen molar-refractivity contribution in [2.45, 2.75) is 33.2 Å². The smallest absolute Gasteiger partial charge is 0.266 e. The van der Waals surface area contributed by atoms with Crippen LogP contribution in [0.5, 0.6) is 5.75 Å². The highest BCUT2D eigenvalue weighted by Crippen LogP contribution is 2.15. The van der Waals surface area contributed by atoms with Crippen LogP contribution in [0.15, 0.2) is 29.1 Å². The molecule has 1 heterocycles. The number of hydrogen-bond acceptors (Lipinski definition) is 5. The predicted molar refractivity (Wildman–Crippen MR) is 107 cm³/mol. The number of aromatic nitrogens is 1. The van der Waals surface area contributed by atoms with Crippen LogP contribution < -0.4 is 20.9 Å². The zero-order chi connectivity index (χ0) is 21.4. The lowest BCUT2D eigenvalue weighted by molar-refractivity contribution is -0.126. The van der Waals surface area contributed by atoms with Crippen LogP contribution in [0.3, 0.4) is 0 Å². The van der Waals surface area contributed by atoms with Gasteiger partial charge in [-0.3, -0.25) is 14.4 Å². The molecular weight excluding hydrogens is 372 g/mol. The van der Waals surface area contributed by atoms with Crippen molar-refractivity contribution in [3.63, 3.8) is 0 Å². The van der Waals surface area contributed by atoms with Gasteiger partial charge in [-0.1, -0.05) is 12.1 Å². The van der Waals surface area contributed by atoms with Gasteiger partial charge in [0, 0.05) is 18.7 Å². The summed E-state index contributed by atoms with van der Waals surface area (Å²) in [6, 6.07) is 9.20. The van der Waals surface area contributed by atoms with Gasteiger partial charge in [-0.2, -0.15) is 5.26 Å². The molecule has 0 atom stereocenters. The second-order valence-corrected chi connectivity index (χ2v) is 6.57. The van der Waals surface area contributed by atoms with Crippen molar-refractivity contribution in [2.24, 2.45) is 0 Å². The van der Waals surface area contributed by atoms with E-state index in [0.717, 1.165) is 16.9 Å². The number of carbonyl (C=O) groups is 2. The zero-order valence-electron chi connectivity index (χ0n) is 16.7. The number of H-pyrrole nitrogens is 1. The highest BCUT2D eigenvalue weighted by molar-refractivity contribution is 5.84. The first-order valence-electron chi connectivity index (χ1n) is 9.14. The molecule has 3 N–H and O–H groups in total. The number of aromatic amines is 1. The Morgan fingerprint density at radius 3 is 2.45 bits per heavy atom. The molecule has 0 aliphatic carbocycles. The van der Waals surface area contributed by atoms with Crippen molar-refractivity contribution >= 4 is 11.8 Å². The van der Waals surface area contributed by atoms with Crippen molar-refractivity contribution in [3.05, 3.63) is 62.6 Å². The minimum absolute atomic E-state index is 0.0592. The monoisotopic (exact) mass is 396 g/mol. The summed E-state index contributed by atoms with van der Waals surface area (Å²) in [7, 11) is 1.58. The highest BCUT2D eigenvalue weighted by Gasteiger charge is 2.13. The SMILES string of the molecule is COc1ccc(CNC(=O)CNC(=O)CCc2c(C)[nH]c(=O)c(C#N)c2C)cc1. The van der Waals surface area contributed by atoms with E-state index in [1.165, 1.54) is 0 Å². The van der Waals surface area contributed by atoms with E-state index >= 15 is 0 Å². The van der Waals surface area contributed by atoms with Crippen molar-refractivity contribution in [2.75, 3.05) is 13.7 Å². The number of hydrogen-bond donors (Lipinski definition) is 3.